The summed E-state index contributed by atoms with van der Waals surface area (Å²) >= 11 is 0. The van der Waals surface area contributed by atoms with Gasteiger partial charge < -0.3 is 10.8 Å². The molecule has 0 aromatic heterocycles. The first-order chi connectivity index (χ1) is 6.06. The Morgan fingerprint density at radius 3 is 2.43 bits per heavy atom. The summed E-state index contributed by atoms with van der Waals surface area (Å²) in [7, 11) is 0. The number of hydrogen-bond acceptors (Lipinski definition) is 2. The highest BCUT2D eigenvalue weighted by Gasteiger charge is 2.06. The predicted octanol–water partition coefficient (Wildman–Crippen LogP) is 2.50. The van der Waals surface area contributed by atoms with Crippen molar-refractivity contribution in [2.45, 2.75) is 46.1 Å². The maximum absolute atomic E-state index is 8.76. The molecule has 0 aliphatic carbocycles. The second-order valence-corrected chi connectivity index (χ2v) is 4.14. The minimum atomic E-state index is -0.0401. The number of aliphatic hydroxyl groups is 1. The Hall–Kier alpha value is -0.0500. The summed E-state index contributed by atoms with van der Waals surface area (Å²) in [5.41, 5.74) is 7.01. The van der Waals surface area contributed by atoms with E-state index in [1.165, 1.54) is 12.0 Å². The lowest BCUT2D eigenvalue weighted by atomic mass is 9.97. The van der Waals surface area contributed by atoms with Crippen LogP contribution in [0.1, 0.15) is 40.0 Å². The Bertz CT molecular complexity index is 155. The molecule has 3 heteroatoms. The first kappa shape index (κ1) is 16.4. The molecule has 14 heavy (non-hydrogen) atoms. The molecule has 2 nitrogen and oxygen atoms in total. The van der Waals surface area contributed by atoms with Gasteiger partial charge >= 0.3 is 0 Å². The van der Waals surface area contributed by atoms with Gasteiger partial charge in [-0.15, -0.1) is 12.4 Å². The van der Waals surface area contributed by atoms with Crippen molar-refractivity contribution in [2.24, 2.45) is 11.7 Å². The first-order valence-electron chi connectivity index (χ1n) is 5.06. The van der Waals surface area contributed by atoms with Crippen molar-refractivity contribution in [1.82, 2.24) is 0 Å². The van der Waals surface area contributed by atoms with Gasteiger partial charge in [0.2, 0.25) is 0 Å². The Balaban J connectivity index is 0. The summed E-state index contributed by atoms with van der Waals surface area (Å²) in [6.07, 6.45) is 5.47. The van der Waals surface area contributed by atoms with Crippen LogP contribution in [0.3, 0.4) is 0 Å². The zero-order valence-corrected chi connectivity index (χ0v) is 10.3. The van der Waals surface area contributed by atoms with Crippen molar-refractivity contribution in [2.75, 3.05) is 6.61 Å². The van der Waals surface area contributed by atoms with Crippen molar-refractivity contribution in [3.05, 3.63) is 11.6 Å². The number of nitrogens with two attached hydrogens (primary N) is 1. The molecule has 0 aliphatic heterocycles. The quantitative estimate of drug-likeness (QED) is 0.677. The molecule has 2 atom stereocenters. The lowest BCUT2D eigenvalue weighted by Crippen LogP contribution is -2.26. The minimum absolute atomic E-state index is 0. The zero-order valence-electron chi connectivity index (χ0n) is 9.49. The third-order valence-electron chi connectivity index (χ3n) is 2.15. The summed E-state index contributed by atoms with van der Waals surface area (Å²) in [5, 5.41) is 8.76. The van der Waals surface area contributed by atoms with Gasteiger partial charge in [-0.25, -0.2) is 0 Å². The van der Waals surface area contributed by atoms with E-state index in [0.717, 1.165) is 12.8 Å². The fourth-order valence-electron chi connectivity index (χ4n) is 1.37. The summed E-state index contributed by atoms with van der Waals surface area (Å²) in [6.45, 7) is 6.52. The van der Waals surface area contributed by atoms with Gasteiger partial charge in [0.15, 0.2) is 0 Å². The molecule has 0 aliphatic rings. The van der Waals surface area contributed by atoms with Crippen LogP contribution in [0, 0.1) is 5.92 Å². The second kappa shape index (κ2) is 9.50. The molecule has 86 valence electrons. The summed E-state index contributed by atoms with van der Waals surface area (Å²) in [5.74, 6) is 0.609. The van der Waals surface area contributed by atoms with E-state index >= 15 is 0 Å². The molecule has 2 unspecified atom stereocenters. The standard InChI is InChI=1S/C11H23NO.ClH/c1-9(2)5-4-6-10(3)7-11(12)8-13;/h5,10-11,13H,4,6-8,12H2,1-3H3;1H. The van der Waals surface area contributed by atoms with Gasteiger partial charge in [0.1, 0.15) is 0 Å². The number of allylic oxidation sites excluding steroid dienone is 2. The van der Waals surface area contributed by atoms with Gasteiger partial charge in [0.05, 0.1) is 6.61 Å². The molecule has 3 N–H and O–H groups in total. The van der Waals surface area contributed by atoms with E-state index in [0.29, 0.717) is 5.92 Å². The van der Waals surface area contributed by atoms with Crippen LogP contribution in [0.2, 0.25) is 0 Å². The average Bonchev–Trinajstić information content (AvgIpc) is 2.03. The highest BCUT2D eigenvalue weighted by molar-refractivity contribution is 5.85. The van der Waals surface area contributed by atoms with E-state index in [9.17, 15) is 0 Å². The molecule has 0 radical (unpaired) electrons. The minimum Gasteiger partial charge on any atom is -0.395 e. The lowest BCUT2D eigenvalue weighted by molar-refractivity contribution is 0.245. The van der Waals surface area contributed by atoms with Crippen molar-refractivity contribution in [1.29, 1.82) is 0 Å². The fourth-order valence-corrected chi connectivity index (χ4v) is 1.37. The monoisotopic (exact) mass is 221 g/mol. The number of rotatable bonds is 6. The summed E-state index contributed by atoms with van der Waals surface area (Å²) in [6, 6.07) is -0.0401. The average molecular weight is 222 g/mol. The van der Waals surface area contributed by atoms with Crippen molar-refractivity contribution < 1.29 is 5.11 Å². The molecule has 0 spiro atoms. The molecule has 0 rings (SSSR count). The van der Waals surface area contributed by atoms with Crippen molar-refractivity contribution in [3.63, 3.8) is 0 Å². The van der Waals surface area contributed by atoms with E-state index in [-0.39, 0.29) is 25.1 Å². The van der Waals surface area contributed by atoms with Crippen LogP contribution >= 0.6 is 12.4 Å². The van der Waals surface area contributed by atoms with Gasteiger partial charge in [0.25, 0.3) is 0 Å². The molecule has 0 aromatic carbocycles. The summed E-state index contributed by atoms with van der Waals surface area (Å²) in [4.78, 5) is 0. The van der Waals surface area contributed by atoms with Gasteiger partial charge in [0, 0.05) is 6.04 Å². The SMILES string of the molecule is CC(C)=CCCC(C)CC(N)CO.Cl. The second-order valence-electron chi connectivity index (χ2n) is 4.14. The Morgan fingerprint density at radius 2 is 2.00 bits per heavy atom. The van der Waals surface area contributed by atoms with Crippen LogP contribution in [0.5, 0.6) is 0 Å². The number of hydrogen-bond donors (Lipinski definition) is 2. The van der Waals surface area contributed by atoms with Gasteiger partial charge in [-0.3, -0.25) is 0 Å². The van der Waals surface area contributed by atoms with Crippen molar-refractivity contribution in [3.8, 4) is 0 Å². The number of aliphatic hydroxyl groups excluding tert-OH is 1. The third kappa shape index (κ3) is 10.0. The van der Waals surface area contributed by atoms with Crippen LogP contribution in [0.25, 0.3) is 0 Å². The summed E-state index contributed by atoms with van der Waals surface area (Å²) < 4.78 is 0. The fraction of sp³-hybridized carbons (Fsp3) is 0.818. The zero-order chi connectivity index (χ0) is 10.3. The molecular formula is C11H24ClNO. The van der Waals surface area contributed by atoms with E-state index in [1.807, 2.05) is 0 Å². The highest BCUT2D eigenvalue weighted by Crippen LogP contribution is 2.12. The normalized spacial score (nSPS) is 14.1. The molecule has 0 bridgehead atoms. The van der Waals surface area contributed by atoms with Crippen LogP contribution in [-0.2, 0) is 0 Å². The molecule has 0 aromatic rings. The largest absolute Gasteiger partial charge is 0.395 e. The molecule has 0 saturated heterocycles. The molecule has 0 saturated carbocycles. The van der Waals surface area contributed by atoms with Gasteiger partial charge in [-0.1, -0.05) is 18.6 Å². The predicted molar refractivity (Wildman–Crippen MR) is 64.8 cm³/mol. The Morgan fingerprint density at radius 1 is 1.43 bits per heavy atom. The Labute approximate surface area is 94.0 Å². The van der Waals surface area contributed by atoms with E-state index in [4.69, 9.17) is 10.8 Å². The van der Waals surface area contributed by atoms with Gasteiger partial charge in [-0.05, 0) is 39.0 Å². The van der Waals surface area contributed by atoms with E-state index < -0.39 is 0 Å². The molecular weight excluding hydrogens is 198 g/mol. The maximum atomic E-state index is 8.76. The molecule has 0 heterocycles. The van der Waals surface area contributed by atoms with Gasteiger partial charge in [-0.2, -0.15) is 0 Å². The van der Waals surface area contributed by atoms with Crippen LogP contribution < -0.4 is 5.73 Å². The molecule has 0 amide bonds. The van der Waals surface area contributed by atoms with E-state index in [2.05, 4.69) is 26.8 Å². The highest BCUT2D eigenvalue weighted by atomic mass is 35.5. The topological polar surface area (TPSA) is 46.2 Å². The maximum Gasteiger partial charge on any atom is 0.0582 e. The smallest absolute Gasteiger partial charge is 0.0582 e. The van der Waals surface area contributed by atoms with Crippen molar-refractivity contribution >= 4 is 12.4 Å². The Kier molecular flexibility index (Phi) is 11.1. The van der Waals surface area contributed by atoms with Crippen LogP contribution in [0.4, 0.5) is 0 Å². The lowest BCUT2D eigenvalue weighted by Gasteiger charge is -2.14. The number of halogens is 1. The van der Waals surface area contributed by atoms with E-state index in [1.54, 1.807) is 0 Å². The first-order valence-corrected chi connectivity index (χ1v) is 5.06. The molecule has 0 fully saturated rings. The van der Waals surface area contributed by atoms with Crippen LogP contribution in [0.15, 0.2) is 11.6 Å². The van der Waals surface area contributed by atoms with Crippen LogP contribution in [-0.4, -0.2) is 17.8 Å². The third-order valence-corrected chi connectivity index (χ3v) is 2.15.